The molecule has 3 N–H and O–H groups in total. The van der Waals surface area contributed by atoms with E-state index in [-0.39, 0.29) is 5.75 Å². The van der Waals surface area contributed by atoms with E-state index < -0.39 is 22.8 Å². The van der Waals surface area contributed by atoms with Gasteiger partial charge in [-0.3, -0.25) is 9.00 Å². The SMILES string of the molecule is CCS(=O)CC.NC(CS)C(=O)O. The van der Waals surface area contributed by atoms with Gasteiger partial charge in [0.05, 0.1) is 0 Å². The number of aliphatic carboxylic acids is 1. The van der Waals surface area contributed by atoms with Crippen LogP contribution in [-0.4, -0.2) is 38.6 Å². The monoisotopic (exact) mass is 227 g/mol. The van der Waals surface area contributed by atoms with Gasteiger partial charge in [0.2, 0.25) is 0 Å². The predicted octanol–water partition coefficient (Wildman–Crippen LogP) is 0.103. The molecule has 0 aromatic heterocycles. The second kappa shape index (κ2) is 10.0. The summed E-state index contributed by atoms with van der Waals surface area (Å²) in [6.45, 7) is 3.86. The maximum Gasteiger partial charge on any atom is 0.321 e. The molecule has 1 atom stereocenters. The van der Waals surface area contributed by atoms with Gasteiger partial charge in [-0.2, -0.15) is 12.6 Å². The van der Waals surface area contributed by atoms with Crippen LogP contribution in [0.15, 0.2) is 0 Å². The topological polar surface area (TPSA) is 80.4 Å². The lowest BCUT2D eigenvalue weighted by Crippen LogP contribution is -2.31. The van der Waals surface area contributed by atoms with E-state index in [2.05, 4.69) is 12.6 Å². The number of carboxylic acids is 1. The lowest BCUT2D eigenvalue weighted by Gasteiger charge is -1.96. The maximum atomic E-state index is 10.3. The van der Waals surface area contributed by atoms with Gasteiger partial charge in [0.25, 0.3) is 0 Å². The van der Waals surface area contributed by atoms with Crippen molar-refractivity contribution in [2.45, 2.75) is 19.9 Å². The van der Waals surface area contributed by atoms with Crippen molar-refractivity contribution in [2.24, 2.45) is 5.73 Å². The molecule has 0 radical (unpaired) electrons. The van der Waals surface area contributed by atoms with Gasteiger partial charge in [-0.05, 0) is 0 Å². The number of hydrogen-bond donors (Lipinski definition) is 3. The van der Waals surface area contributed by atoms with E-state index in [4.69, 9.17) is 10.8 Å². The fourth-order valence-corrected chi connectivity index (χ4v) is 0.847. The van der Waals surface area contributed by atoms with Crippen molar-refractivity contribution < 1.29 is 14.1 Å². The molecule has 0 aliphatic rings. The van der Waals surface area contributed by atoms with Crippen LogP contribution in [0.1, 0.15) is 13.8 Å². The minimum absolute atomic E-state index is 0.190. The van der Waals surface area contributed by atoms with Crippen molar-refractivity contribution >= 4 is 29.4 Å². The van der Waals surface area contributed by atoms with Crippen molar-refractivity contribution in [2.75, 3.05) is 17.3 Å². The first kappa shape index (κ1) is 15.4. The van der Waals surface area contributed by atoms with Gasteiger partial charge in [-0.1, -0.05) is 13.8 Å². The van der Waals surface area contributed by atoms with Crippen LogP contribution in [0.25, 0.3) is 0 Å². The first-order chi connectivity index (χ1) is 5.99. The molecule has 0 heterocycles. The zero-order valence-corrected chi connectivity index (χ0v) is 9.61. The first-order valence-corrected chi connectivity index (χ1v) is 6.05. The highest BCUT2D eigenvalue weighted by Gasteiger charge is 2.06. The van der Waals surface area contributed by atoms with Gasteiger partial charge in [-0.15, -0.1) is 0 Å². The number of carbonyl (C=O) groups is 1. The van der Waals surface area contributed by atoms with E-state index in [0.29, 0.717) is 0 Å². The fraction of sp³-hybridized carbons (Fsp3) is 0.857. The lowest BCUT2D eigenvalue weighted by molar-refractivity contribution is -0.137. The normalized spacial score (nSPS) is 11.8. The number of thiol groups is 1. The van der Waals surface area contributed by atoms with Gasteiger partial charge >= 0.3 is 5.97 Å². The second-order valence-electron chi connectivity index (χ2n) is 2.14. The summed E-state index contributed by atoms with van der Waals surface area (Å²) >= 11 is 3.65. The van der Waals surface area contributed by atoms with E-state index in [1.807, 2.05) is 13.8 Å². The van der Waals surface area contributed by atoms with Gasteiger partial charge < -0.3 is 10.8 Å². The number of nitrogens with two attached hydrogens (primary N) is 1. The van der Waals surface area contributed by atoms with Crippen LogP contribution in [-0.2, 0) is 15.6 Å². The lowest BCUT2D eigenvalue weighted by atomic mass is 10.4. The van der Waals surface area contributed by atoms with Gasteiger partial charge in [-0.25, -0.2) is 0 Å². The summed E-state index contributed by atoms with van der Waals surface area (Å²) in [5.41, 5.74) is 4.94. The second-order valence-corrected chi connectivity index (χ2v) is 4.54. The third kappa shape index (κ3) is 11.9. The van der Waals surface area contributed by atoms with Crippen LogP contribution in [0.2, 0.25) is 0 Å². The molecule has 1 unspecified atom stereocenters. The zero-order chi connectivity index (χ0) is 10.9. The summed E-state index contributed by atoms with van der Waals surface area (Å²) in [5.74, 6) is 0.789. The average molecular weight is 227 g/mol. The number of hydrogen-bond acceptors (Lipinski definition) is 4. The molecule has 0 bridgehead atoms. The summed E-state index contributed by atoms with van der Waals surface area (Å²) in [7, 11) is -0.534. The van der Waals surface area contributed by atoms with Crippen LogP contribution in [0, 0.1) is 0 Å². The van der Waals surface area contributed by atoms with Crippen LogP contribution in [0.5, 0.6) is 0 Å². The Labute approximate surface area is 86.8 Å². The summed E-state index contributed by atoms with van der Waals surface area (Å²) in [6.07, 6.45) is 0. The molecule has 0 aliphatic carbocycles. The molecule has 0 aromatic rings. The number of carboxylic acid groups (broad SMARTS) is 1. The molecule has 0 aromatic carbocycles. The standard InChI is InChI=1S/C4H10OS.C3H7NO2S/c1-3-6(5)4-2;4-2(1-7)3(5)6/h3-4H2,1-2H3;2,7H,1,4H2,(H,5,6). The van der Waals surface area contributed by atoms with E-state index in [9.17, 15) is 9.00 Å². The molecular weight excluding hydrogens is 210 g/mol. The fourth-order valence-electron chi connectivity index (χ4n) is 0.282. The molecular formula is C7H17NO3S2. The van der Waals surface area contributed by atoms with Crippen molar-refractivity contribution in [1.29, 1.82) is 0 Å². The Bertz CT molecular complexity index is 158. The summed E-state index contributed by atoms with van der Waals surface area (Å²) < 4.78 is 10.3. The third-order valence-corrected chi connectivity index (χ3v) is 2.84. The van der Waals surface area contributed by atoms with Crippen molar-refractivity contribution in [3.8, 4) is 0 Å². The highest BCUT2D eigenvalue weighted by molar-refractivity contribution is 7.84. The Hall–Kier alpha value is -0.0700. The quantitative estimate of drug-likeness (QED) is 0.595. The first-order valence-electron chi connectivity index (χ1n) is 3.93. The molecule has 0 aliphatic heterocycles. The minimum atomic E-state index is -1.00. The Morgan fingerprint density at radius 2 is 1.92 bits per heavy atom. The van der Waals surface area contributed by atoms with Crippen LogP contribution in [0.3, 0.4) is 0 Å². The minimum Gasteiger partial charge on any atom is -0.480 e. The van der Waals surface area contributed by atoms with Crippen molar-refractivity contribution in [3.05, 3.63) is 0 Å². The van der Waals surface area contributed by atoms with Gasteiger partial charge in [0, 0.05) is 28.1 Å². The van der Waals surface area contributed by atoms with E-state index in [1.54, 1.807) is 0 Å². The maximum absolute atomic E-state index is 10.3. The van der Waals surface area contributed by atoms with Crippen molar-refractivity contribution in [1.82, 2.24) is 0 Å². The molecule has 0 spiro atoms. The Balaban J connectivity index is 0. The van der Waals surface area contributed by atoms with E-state index in [1.165, 1.54) is 0 Å². The molecule has 0 saturated heterocycles. The molecule has 80 valence electrons. The zero-order valence-electron chi connectivity index (χ0n) is 7.90. The molecule has 4 nitrogen and oxygen atoms in total. The van der Waals surface area contributed by atoms with Crippen LogP contribution < -0.4 is 5.73 Å². The largest absolute Gasteiger partial charge is 0.480 e. The van der Waals surface area contributed by atoms with Crippen molar-refractivity contribution in [3.63, 3.8) is 0 Å². The molecule has 6 heteroatoms. The highest BCUT2D eigenvalue weighted by atomic mass is 32.2. The predicted molar refractivity (Wildman–Crippen MR) is 58.7 cm³/mol. The summed E-state index contributed by atoms with van der Waals surface area (Å²) in [4.78, 5) is 9.76. The molecule has 0 saturated carbocycles. The molecule has 0 amide bonds. The average Bonchev–Trinajstić information content (AvgIpc) is 2.16. The molecule has 13 heavy (non-hydrogen) atoms. The molecule has 0 rings (SSSR count). The van der Waals surface area contributed by atoms with Gasteiger partial charge in [0.15, 0.2) is 0 Å². The van der Waals surface area contributed by atoms with Crippen LogP contribution in [0.4, 0.5) is 0 Å². The van der Waals surface area contributed by atoms with Crippen LogP contribution >= 0.6 is 12.6 Å². The summed E-state index contributed by atoms with van der Waals surface area (Å²) in [6, 6.07) is -0.816. The van der Waals surface area contributed by atoms with E-state index in [0.717, 1.165) is 11.5 Å². The Morgan fingerprint density at radius 3 is 1.92 bits per heavy atom. The highest BCUT2D eigenvalue weighted by Crippen LogP contribution is 1.80. The van der Waals surface area contributed by atoms with E-state index >= 15 is 0 Å². The molecule has 0 fully saturated rings. The third-order valence-electron chi connectivity index (χ3n) is 1.16. The smallest absolute Gasteiger partial charge is 0.321 e. The van der Waals surface area contributed by atoms with Gasteiger partial charge in [0.1, 0.15) is 6.04 Å². The Morgan fingerprint density at radius 1 is 1.54 bits per heavy atom. The Kier molecular flexibility index (Phi) is 11.9. The summed E-state index contributed by atoms with van der Waals surface area (Å²) in [5, 5.41) is 8.01. The number of rotatable bonds is 4.